The van der Waals surface area contributed by atoms with Crippen molar-refractivity contribution in [2.75, 3.05) is 5.32 Å². The third-order valence-corrected chi connectivity index (χ3v) is 5.77. The van der Waals surface area contributed by atoms with Crippen molar-refractivity contribution in [1.29, 1.82) is 0 Å². The highest BCUT2D eigenvalue weighted by atomic mass is 35.5. The summed E-state index contributed by atoms with van der Waals surface area (Å²) >= 11 is 12.2. The number of anilines is 1. The van der Waals surface area contributed by atoms with Crippen LogP contribution >= 0.6 is 23.2 Å². The minimum absolute atomic E-state index is 0.0848. The normalized spacial score (nSPS) is 11.4. The van der Waals surface area contributed by atoms with Gasteiger partial charge in [0.1, 0.15) is 5.75 Å². The van der Waals surface area contributed by atoms with Crippen molar-refractivity contribution < 1.29 is 9.53 Å². The van der Waals surface area contributed by atoms with Crippen molar-refractivity contribution in [3.8, 4) is 5.75 Å². The van der Waals surface area contributed by atoms with Crippen LogP contribution in [0.4, 0.5) is 5.82 Å². The van der Waals surface area contributed by atoms with Gasteiger partial charge in [0.25, 0.3) is 5.91 Å². The Morgan fingerprint density at radius 3 is 2.41 bits per heavy atom. The monoisotopic (exact) mass is 497 g/mol. The average Bonchev–Trinajstić information content (AvgIpc) is 3.43. The fourth-order valence-electron chi connectivity index (χ4n) is 3.27. The van der Waals surface area contributed by atoms with E-state index in [1.54, 1.807) is 46.0 Å². The van der Waals surface area contributed by atoms with E-state index in [1.165, 1.54) is 5.56 Å². The summed E-state index contributed by atoms with van der Waals surface area (Å²) < 4.78 is 9.03. The number of rotatable bonds is 7. The van der Waals surface area contributed by atoms with Gasteiger partial charge in [-0.2, -0.15) is 10.2 Å². The number of nitrogens with one attached hydrogen (secondary N) is 1. The Morgan fingerprint density at radius 1 is 0.971 bits per heavy atom. The number of carbonyl (C=O) groups excluding carboxylic acids is 1. The van der Waals surface area contributed by atoms with E-state index >= 15 is 0 Å². The lowest BCUT2D eigenvalue weighted by Crippen LogP contribution is -2.15. The van der Waals surface area contributed by atoms with E-state index in [9.17, 15) is 4.79 Å². The minimum Gasteiger partial charge on any atom is -0.471 e. The fraction of sp³-hybridized carbons (Fsp3) is 0.240. The zero-order valence-electron chi connectivity index (χ0n) is 19.1. The molecule has 0 aliphatic heterocycles. The van der Waals surface area contributed by atoms with Crippen molar-refractivity contribution in [2.45, 2.75) is 39.5 Å². The first-order chi connectivity index (χ1) is 16.2. The van der Waals surface area contributed by atoms with Crippen LogP contribution in [0.25, 0.3) is 0 Å². The molecule has 0 aliphatic carbocycles. The van der Waals surface area contributed by atoms with Crippen molar-refractivity contribution >= 4 is 34.9 Å². The standard InChI is InChI=1S/C25H25Cl2N5O2/c1-25(2,3)18-5-8-20(9-6-18)34-16-32-12-10-22(29-32)24(33)28-23-11-13-31(30-23)15-17-4-7-19(26)14-21(17)27/h4-14H,15-16H2,1-3H3,(H,28,30,33). The van der Waals surface area contributed by atoms with Crippen LogP contribution in [0.2, 0.25) is 10.0 Å². The molecule has 2 aromatic carbocycles. The van der Waals surface area contributed by atoms with E-state index in [4.69, 9.17) is 27.9 Å². The summed E-state index contributed by atoms with van der Waals surface area (Å²) in [6.07, 6.45) is 3.46. The molecule has 0 atom stereocenters. The Hall–Kier alpha value is -3.29. The molecule has 1 N–H and O–H groups in total. The van der Waals surface area contributed by atoms with Crippen LogP contribution in [0.3, 0.4) is 0 Å². The first kappa shape index (κ1) is 23.9. The zero-order chi connectivity index (χ0) is 24.3. The first-order valence-electron chi connectivity index (χ1n) is 10.7. The lowest BCUT2D eigenvalue weighted by atomic mass is 9.87. The van der Waals surface area contributed by atoms with Gasteiger partial charge in [-0.05, 0) is 46.9 Å². The Labute approximate surface area is 208 Å². The van der Waals surface area contributed by atoms with Gasteiger partial charge in [0.05, 0.1) is 6.54 Å². The van der Waals surface area contributed by atoms with E-state index in [1.807, 2.05) is 18.2 Å². The van der Waals surface area contributed by atoms with Gasteiger partial charge in [0.15, 0.2) is 18.2 Å². The van der Waals surface area contributed by atoms with Crippen LogP contribution in [0.5, 0.6) is 5.75 Å². The van der Waals surface area contributed by atoms with Crippen LogP contribution in [0.15, 0.2) is 67.0 Å². The maximum atomic E-state index is 12.6. The summed E-state index contributed by atoms with van der Waals surface area (Å²) in [4.78, 5) is 12.6. The summed E-state index contributed by atoms with van der Waals surface area (Å²) in [5, 5.41) is 12.6. The number of halogens is 2. The molecule has 7 nitrogen and oxygen atoms in total. The molecule has 2 heterocycles. The Balaban J connectivity index is 1.32. The molecule has 0 saturated carbocycles. The lowest BCUT2D eigenvalue weighted by molar-refractivity contribution is 0.101. The molecular weight excluding hydrogens is 473 g/mol. The van der Waals surface area contributed by atoms with E-state index in [0.717, 1.165) is 11.3 Å². The third kappa shape index (κ3) is 5.98. The maximum Gasteiger partial charge on any atom is 0.277 e. The predicted molar refractivity (Wildman–Crippen MR) is 134 cm³/mol. The summed E-state index contributed by atoms with van der Waals surface area (Å²) in [6, 6.07) is 16.6. The number of hydrogen-bond donors (Lipinski definition) is 1. The second kappa shape index (κ2) is 9.91. The van der Waals surface area contributed by atoms with Gasteiger partial charge in [-0.25, -0.2) is 4.68 Å². The third-order valence-electron chi connectivity index (χ3n) is 5.19. The molecule has 0 fully saturated rings. The quantitative estimate of drug-likeness (QED) is 0.338. The summed E-state index contributed by atoms with van der Waals surface area (Å²) in [5.74, 6) is 0.795. The van der Waals surface area contributed by atoms with Gasteiger partial charge in [0.2, 0.25) is 0 Å². The number of benzene rings is 2. The van der Waals surface area contributed by atoms with Gasteiger partial charge in [0, 0.05) is 28.5 Å². The molecule has 0 unspecified atom stereocenters. The summed E-state index contributed by atoms with van der Waals surface area (Å²) in [7, 11) is 0. The van der Waals surface area contributed by atoms with Crippen LogP contribution in [0, 0.1) is 0 Å². The average molecular weight is 498 g/mol. The molecule has 0 radical (unpaired) electrons. The Morgan fingerprint density at radius 2 is 1.71 bits per heavy atom. The number of amides is 1. The number of aromatic nitrogens is 4. The number of carbonyl (C=O) groups is 1. The second-order valence-electron chi connectivity index (χ2n) is 8.88. The van der Waals surface area contributed by atoms with Gasteiger partial charge in [-0.3, -0.25) is 9.48 Å². The molecular formula is C25H25Cl2N5O2. The van der Waals surface area contributed by atoms with E-state index in [-0.39, 0.29) is 23.7 Å². The first-order valence-corrected chi connectivity index (χ1v) is 11.5. The van der Waals surface area contributed by atoms with Crippen LogP contribution in [0.1, 0.15) is 42.4 Å². The van der Waals surface area contributed by atoms with Crippen LogP contribution in [-0.2, 0) is 18.7 Å². The topological polar surface area (TPSA) is 74.0 Å². The molecule has 9 heteroatoms. The Bertz CT molecular complexity index is 1290. The molecule has 34 heavy (non-hydrogen) atoms. The molecule has 0 bridgehead atoms. The molecule has 0 aliphatic rings. The maximum absolute atomic E-state index is 12.6. The summed E-state index contributed by atoms with van der Waals surface area (Å²) in [6.45, 7) is 7.14. The second-order valence-corrected chi connectivity index (χ2v) is 9.72. The summed E-state index contributed by atoms with van der Waals surface area (Å²) in [5.41, 5.74) is 2.46. The van der Waals surface area contributed by atoms with Gasteiger partial charge >= 0.3 is 0 Å². The highest BCUT2D eigenvalue weighted by molar-refractivity contribution is 6.35. The largest absolute Gasteiger partial charge is 0.471 e. The van der Waals surface area contributed by atoms with Crippen molar-refractivity contribution in [1.82, 2.24) is 19.6 Å². The van der Waals surface area contributed by atoms with Crippen LogP contribution < -0.4 is 10.1 Å². The molecule has 0 saturated heterocycles. The molecule has 1 amide bonds. The molecule has 176 valence electrons. The number of ether oxygens (including phenoxy) is 1. The highest BCUT2D eigenvalue weighted by Crippen LogP contribution is 2.24. The molecule has 4 aromatic rings. The van der Waals surface area contributed by atoms with Crippen molar-refractivity contribution in [3.63, 3.8) is 0 Å². The minimum atomic E-state index is -0.358. The molecule has 2 aromatic heterocycles. The molecule has 0 spiro atoms. The van der Waals surface area contributed by atoms with E-state index in [2.05, 4.69) is 48.4 Å². The van der Waals surface area contributed by atoms with Gasteiger partial charge in [-0.15, -0.1) is 0 Å². The van der Waals surface area contributed by atoms with E-state index in [0.29, 0.717) is 22.4 Å². The lowest BCUT2D eigenvalue weighted by Gasteiger charge is -2.19. The number of hydrogen-bond acceptors (Lipinski definition) is 4. The molecule has 4 rings (SSSR count). The van der Waals surface area contributed by atoms with Gasteiger partial charge in [-0.1, -0.05) is 62.2 Å². The van der Waals surface area contributed by atoms with Crippen LogP contribution in [-0.4, -0.2) is 25.5 Å². The smallest absolute Gasteiger partial charge is 0.277 e. The SMILES string of the molecule is CC(C)(C)c1ccc(OCn2ccc(C(=O)Nc3ccn(Cc4ccc(Cl)cc4Cl)n3)n2)cc1. The van der Waals surface area contributed by atoms with Gasteiger partial charge < -0.3 is 10.1 Å². The van der Waals surface area contributed by atoms with E-state index < -0.39 is 0 Å². The predicted octanol–water partition coefficient (Wildman–Crippen LogP) is 6.02. The van der Waals surface area contributed by atoms with Crippen molar-refractivity contribution in [2.24, 2.45) is 0 Å². The zero-order valence-corrected chi connectivity index (χ0v) is 20.6. The number of nitrogens with zero attached hydrogens (tertiary/aromatic N) is 4. The highest BCUT2D eigenvalue weighted by Gasteiger charge is 2.14. The van der Waals surface area contributed by atoms with Crippen molar-refractivity contribution in [3.05, 3.63) is 93.9 Å². The fourth-order valence-corrected chi connectivity index (χ4v) is 3.74. The Kier molecular flexibility index (Phi) is 6.95.